The Bertz CT molecular complexity index is 437. The van der Waals surface area contributed by atoms with E-state index in [4.69, 9.17) is 21.9 Å². The first-order valence-corrected chi connectivity index (χ1v) is 9.84. The number of unbranched alkanes of at least 4 members (excludes halogenated alkanes) is 8. The summed E-state index contributed by atoms with van der Waals surface area (Å²) in [5.74, 6) is -0.980. The molecule has 0 spiro atoms. The maximum atomic E-state index is 12.5. The van der Waals surface area contributed by atoms with Crippen LogP contribution in [0.15, 0.2) is 4.99 Å². The van der Waals surface area contributed by atoms with Gasteiger partial charge >= 0.3 is 5.97 Å². The highest BCUT2D eigenvalue weighted by atomic mass is 16.5. The van der Waals surface area contributed by atoms with Crippen LogP contribution in [-0.4, -0.2) is 36.9 Å². The Morgan fingerprint density at radius 1 is 0.923 bits per heavy atom. The second-order valence-electron chi connectivity index (χ2n) is 6.87. The molecule has 0 saturated carbocycles. The topological polar surface area (TPSA) is 134 Å². The number of rotatable bonds is 16. The Kier molecular flexibility index (Phi) is 13.6. The zero-order chi connectivity index (χ0) is 19.8. The van der Waals surface area contributed by atoms with E-state index in [0.717, 1.165) is 19.3 Å². The number of esters is 1. The Labute approximate surface area is 158 Å². The van der Waals surface area contributed by atoms with E-state index in [-0.39, 0.29) is 18.2 Å². The number of aliphatic imine (C=N–C) groups is 1. The van der Waals surface area contributed by atoms with Crippen LogP contribution in [-0.2, 0) is 14.3 Å². The van der Waals surface area contributed by atoms with Crippen LogP contribution in [0.5, 0.6) is 0 Å². The minimum Gasteiger partial charge on any atom is -0.467 e. The minimum absolute atomic E-state index is 0.0216. The zero-order valence-electron chi connectivity index (χ0n) is 16.6. The number of Topliss-reactive ketones (excluding diaryl/α,β-unsaturated/α-hetero) is 1. The molecule has 26 heavy (non-hydrogen) atoms. The van der Waals surface area contributed by atoms with Crippen molar-refractivity contribution in [1.82, 2.24) is 0 Å². The molecule has 7 nitrogen and oxygen atoms in total. The van der Waals surface area contributed by atoms with E-state index < -0.39 is 11.5 Å². The molecule has 0 bridgehead atoms. The SMILES string of the molecule is CCCCCCCCCCCC(=O)[C@](N)(CCCN=C(N)N)C(=O)OC. The van der Waals surface area contributed by atoms with Crippen LogP contribution in [0.25, 0.3) is 0 Å². The van der Waals surface area contributed by atoms with Gasteiger partial charge in [-0.1, -0.05) is 58.3 Å². The average molecular weight is 371 g/mol. The Morgan fingerprint density at radius 2 is 1.46 bits per heavy atom. The molecule has 0 amide bonds. The molecule has 152 valence electrons. The molecule has 7 heteroatoms. The van der Waals surface area contributed by atoms with E-state index in [0.29, 0.717) is 19.4 Å². The maximum absolute atomic E-state index is 12.5. The van der Waals surface area contributed by atoms with Gasteiger partial charge in [0, 0.05) is 13.0 Å². The summed E-state index contributed by atoms with van der Waals surface area (Å²) in [4.78, 5) is 28.3. The highest BCUT2D eigenvalue weighted by molar-refractivity contribution is 6.08. The summed E-state index contributed by atoms with van der Waals surface area (Å²) in [7, 11) is 1.24. The number of nitrogens with two attached hydrogens (primary N) is 3. The number of ketones is 1. The molecule has 0 fully saturated rings. The Balaban J connectivity index is 4.19. The van der Waals surface area contributed by atoms with Gasteiger partial charge in [-0.05, 0) is 19.3 Å². The molecule has 0 aliphatic heterocycles. The number of ether oxygens (including phenoxy) is 1. The van der Waals surface area contributed by atoms with Crippen molar-refractivity contribution >= 4 is 17.7 Å². The average Bonchev–Trinajstić information content (AvgIpc) is 2.62. The van der Waals surface area contributed by atoms with Crippen LogP contribution in [0.2, 0.25) is 0 Å². The smallest absolute Gasteiger partial charge is 0.333 e. The van der Waals surface area contributed by atoms with Crippen molar-refractivity contribution in [2.75, 3.05) is 13.7 Å². The third-order valence-corrected chi connectivity index (χ3v) is 4.58. The van der Waals surface area contributed by atoms with Gasteiger partial charge < -0.3 is 21.9 Å². The molecule has 0 aromatic heterocycles. The molecule has 0 unspecified atom stereocenters. The van der Waals surface area contributed by atoms with Gasteiger partial charge in [0.1, 0.15) is 0 Å². The van der Waals surface area contributed by atoms with Gasteiger partial charge in [-0.3, -0.25) is 9.79 Å². The first-order valence-electron chi connectivity index (χ1n) is 9.84. The molecular formula is C19H38N4O3. The van der Waals surface area contributed by atoms with E-state index in [1.807, 2.05) is 0 Å². The largest absolute Gasteiger partial charge is 0.467 e. The third-order valence-electron chi connectivity index (χ3n) is 4.58. The molecule has 1 atom stereocenters. The number of nitrogens with zero attached hydrogens (tertiary/aromatic N) is 1. The summed E-state index contributed by atoms with van der Waals surface area (Å²) in [5, 5.41) is 0. The van der Waals surface area contributed by atoms with Crippen LogP contribution in [0.4, 0.5) is 0 Å². The van der Waals surface area contributed by atoms with Crippen LogP contribution < -0.4 is 17.2 Å². The highest BCUT2D eigenvalue weighted by Crippen LogP contribution is 2.18. The Morgan fingerprint density at radius 3 is 1.96 bits per heavy atom. The summed E-state index contributed by atoms with van der Waals surface area (Å²) < 4.78 is 4.74. The molecular weight excluding hydrogens is 332 g/mol. The fourth-order valence-electron chi connectivity index (χ4n) is 2.92. The molecule has 0 heterocycles. The Hall–Kier alpha value is -1.63. The molecule has 0 aliphatic carbocycles. The zero-order valence-corrected chi connectivity index (χ0v) is 16.6. The summed E-state index contributed by atoms with van der Waals surface area (Å²) >= 11 is 0. The molecule has 0 aliphatic rings. The summed E-state index contributed by atoms with van der Waals surface area (Å²) in [6.07, 6.45) is 11.4. The van der Waals surface area contributed by atoms with E-state index >= 15 is 0 Å². The molecule has 0 aromatic carbocycles. The standard InChI is InChI=1S/C19H38N4O3/c1-3-4-5-6-7-8-9-10-11-13-16(24)19(22,17(25)26-2)14-12-15-23-18(20)21/h3-15,22H2,1-2H3,(H4,20,21,23)/t19-/m1/s1. The normalized spacial score (nSPS) is 13.0. The lowest BCUT2D eigenvalue weighted by molar-refractivity contribution is -0.151. The van der Waals surface area contributed by atoms with Gasteiger partial charge in [-0.15, -0.1) is 0 Å². The fourth-order valence-corrected chi connectivity index (χ4v) is 2.92. The lowest BCUT2D eigenvalue weighted by Gasteiger charge is -2.24. The molecule has 0 radical (unpaired) electrons. The number of methoxy groups -OCH3 is 1. The quantitative estimate of drug-likeness (QED) is 0.126. The van der Waals surface area contributed by atoms with Crippen molar-refractivity contribution in [3.63, 3.8) is 0 Å². The van der Waals surface area contributed by atoms with Crippen LogP contribution in [0, 0.1) is 0 Å². The van der Waals surface area contributed by atoms with Crippen molar-refractivity contribution in [2.45, 2.75) is 89.5 Å². The van der Waals surface area contributed by atoms with Crippen molar-refractivity contribution < 1.29 is 14.3 Å². The molecule has 0 aromatic rings. The van der Waals surface area contributed by atoms with Gasteiger partial charge in [-0.2, -0.15) is 0 Å². The van der Waals surface area contributed by atoms with Crippen molar-refractivity contribution in [3.05, 3.63) is 0 Å². The van der Waals surface area contributed by atoms with Crippen molar-refractivity contribution in [3.8, 4) is 0 Å². The van der Waals surface area contributed by atoms with Gasteiger partial charge in [0.25, 0.3) is 0 Å². The first kappa shape index (κ1) is 24.4. The molecule has 0 rings (SSSR count). The van der Waals surface area contributed by atoms with Crippen LogP contribution in [0.3, 0.4) is 0 Å². The first-order chi connectivity index (χ1) is 12.4. The number of guanidine groups is 1. The summed E-state index contributed by atoms with van der Waals surface area (Å²) in [6.45, 7) is 2.54. The van der Waals surface area contributed by atoms with Gasteiger partial charge in [0.05, 0.1) is 7.11 Å². The fraction of sp³-hybridized carbons (Fsp3) is 0.842. The van der Waals surface area contributed by atoms with Crippen molar-refractivity contribution in [1.29, 1.82) is 0 Å². The van der Waals surface area contributed by atoms with E-state index in [1.54, 1.807) is 0 Å². The van der Waals surface area contributed by atoms with Crippen LogP contribution in [0.1, 0.15) is 84.0 Å². The predicted molar refractivity (Wildman–Crippen MR) is 106 cm³/mol. The predicted octanol–water partition coefficient (Wildman–Crippen LogP) is 2.40. The summed E-state index contributed by atoms with van der Waals surface area (Å²) in [6, 6.07) is 0. The molecule has 0 saturated heterocycles. The number of carbonyl (C=O) groups excluding carboxylic acids is 2. The second kappa shape index (κ2) is 14.5. The van der Waals surface area contributed by atoms with Crippen molar-refractivity contribution in [2.24, 2.45) is 22.2 Å². The highest BCUT2D eigenvalue weighted by Gasteiger charge is 2.41. The van der Waals surface area contributed by atoms with E-state index in [1.165, 1.54) is 45.6 Å². The van der Waals surface area contributed by atoms with Gasteiger partial charge in [0.15, 0.2) is 17.3 Å². The second-order valence-corrected chi connectivity index (χ2v) is 6.87. The van der Waals surface area contributed by atoms with E-state index in [2.05, 4.69) is 11.9 Å². The number of hydrogen-bond donors (Lipinski definition) is 3. The lowest BCUT2D eigenvalue weighted by Crippen LogP contribution is -2.55. The van der Waals surface area contributed by atoms with E-state index in [9.17, 15) is 9.59 Å². The summed E-state index contributed by atoms with van der Waals surface area (Å²) in [5.41, 5.74) is 15.0. The monoisotopic (exact) mass is 370 g/mol. The lowest BCUT2D eigenvalue weighted by atomic mass is 9.86. The molecule has 6 N–H and O–H groups in total. The number of hydrogen-bond acceptors (Lipinski definition) is 5. The maximum Gasteiger partial charge on any atom is 0.333 e. The third kappa shape index (κ3) is 10.4. The van der Waals surface area contributed by atoms with Gasteiger partial charge in [-0.25, -0.2) is 4.79 Å². The van der Waals surface area contributed by atoms with Gasteiger partial charge in [0.2, 0.25) is 0 Å². The number of carbonyl (C=O) groups is 2. The minimum atomic E-state index is -1.60. The van der Waals surface area contributed by atoms with Crippen LogP contribution >= 0.6 is 0 Å².